The van der Waals surface area contributed by atoms with Crippen molar-refractivity contribution in [3.05, 3.63) is 32.8 Å². The largest absolute Gasteiger partial charge is 0.373 e. The smallest absolute Gasteiger partial charge is 0.270 e. The summed E-state index contributed by atoms with van der Waals surface area (Å²) in [5, 5.41) is 10.7. The van der Waals surface area contributed by atoms with Crippen LogP contribution in [0.25, 0.3) is 0 Å². The molecule has 0 atom stereocenters. The predicted octanol–water partition coefficient (Wildman–Crippen LogP) is 2.78. The second kappa shape index (κ2) is 5.67. The molecule has 0 aliphatic carbocycles. The van der Waals surface area contributed by atoms with Gasteiger partial charge in [-0.05, 0) is 34.0 Å². The molecule has 0 bridgehead atoms. The third-order valence-corrected chi connectivity index (χ3v) is 3.41. The first-order chi connectivity index (χ1) is 8.26. The zero-order valence-electron chi connectivity index (χ0n) is 10.8. The SMILES string of the molecule is CN(CC(C)(C)CN)c1ccc([N+](=O)[O-])cc1Br. The van der Waals surface area contributed by atoms with Gasteiger partial charge in [-0.15, -0.1) is 0 Å². The average Bonchev–Trinajstić information content (AvgIpc) is 2.28. The first kappa shape index (κ1) is 14.9. The molecule has 18 heavy (non-hydrogen) atoms. The van der Waals surface area contributed by atoms with Gasteiger partial charge >= 0.3 is 0 Å². The summed E-state index contributed by atoms with van der Waals surface area (Å²) in [6.45, 7) is 5.54. The van der Waals surface area contributed by atoms with Crippen molar-refractivity contribution >= 4 is 27.3 Å². The van der Waals surface area contributed by atoms with E-state index in [1.807, 2.05) is 11.9 Å². The molecular weight excluding hydrogens is 298 g/mol. The Morgan fingerprint density at radius 3 is 2.56 bits per heavy atom. The molecule has 0 aliphatic rings. The number of nitrogens with two attached hydrogens (primary N) is 1. The summed E-state index contributed by atoms with van der Waals surface area (Å²) in [7, 11) is 1.95. The number of nitro groups is 1. The van der Waals surface area contributed by atoms with Crippen LogP contribution in [0.2, 0.25) is 0 Å². The zero-order valence-corrected chi connectivity index (χ0v) is 12.4. The molecule has 0 aromatic heterocycles. The molecule has 1 rings (SSSR count). The third-order valence-electron chi connectivity index (χ3n) is 2.77. The van der Waals surface area contributed by atoms with Gasteiger partial charge in [0.1, 0.15) is 0 Å². The van der Waals surface area contributed by atoms with E-state index in [0.717, 1.165) is 12.2 Å². The van der Waals surface area contributed by atoms with E-state index in [2.05, 4.69) is 29.8 Å². The minimum Gasteiger partial charge on any atom is -0.373 e. The first-order valence-electron chi connectivity index (χ1n) is 5.62. The van der Waals surface area contributed by atoms with E-state index < -0.39 is 4.92 Å². The minimum atomic E-state index is -0.404. The molecule has 0 fully saturated rings. The van der Waals surface area contributed by atoms with Gasteiger partial charge in [0, 0.05) is 30.2 Å². The van der Waals surface area contributed by atoms with Crippen LogP contribution in [0, 0.1) is 15.5 Å². The number of halogens is 1. The summed E-state index contributed by atoms with van der Waals surface area (Å²) < 4.78 is 0.715. The maximum atomic E-state index is 10.7. The van der Waals surface area contributed by atoms with Gasteiger partial charge in [0.2, 0.25) is 0 Å². The number of benzene rings is 1. The molecule has 0 saturated carbocycles. The van der Waals surface area contributed by atoms with Gasteiger partial charge in [-0.2, -0.15) is 0 Å². The van der Waals surface area contributed by atoms with Gasteiger partial charge in [0.05, 0.1) is 10.6 Å². The van der Waals surface area contributed by atoms with Crippen molar-refractivity contribution < 1.29 is 4.92 Å². The lowest BCUT2D eigenvalue weighted by Crippen LogP contribution is -2.36. The van der Waals surface area contributed by atoms with E-state index in [9.17, 15) is 10.1 Å². The molecular formula is C12H18BrN3O2. The summed E-state index contributed by atoms with van der Waals surface area (Å²) in [4.78, 5) is 12.3. The molecule has 0 heterocycles. The van der Waals surface area contributed by atoms with Crippen molar-refractivity contribution in [1.82, 2.24) is 0 Å². The molecule has 0 amide bonds. The van der Waals surface area contributed by atoms with Crippen molar-refractivity contribution in [3.63, 3.8) is 0 Å². The van der Waals surface area contributed by atoms with Gasteiger partial charge in [-0.1, -0.05) is 13.8 Å². The number of hydrogen-bond acceptors (Lipinski definition) is 4. The fraction of sp³-hybridized carbons (Fsp3) is 0.500. The summed E-state index contributed by atoms with van der Waals surface area (Å²) >= 11 is 3.37. The van der Waals surface area contributed by atoms with Crippen LogP contribution in [0.1, 0.15) is 13.8 Å². The molecule has 1 aromatic carbocycles. The van der Waals surface area contributed by atoms with Crippen LogP contribution in [0.15, 0.2) is 22.7 Å². The Morgan fingerprint density at radius 2 is 2.11 bits per heavy atom. The maximum Gasteiger partial charge on any atom is 0.270 e. The lowest BCUT2D eigenvalue weighted by molar-refractivity contribution is -0.384. The molecule has 0 spiro atoms. The lowest BCUT2D eigenvalue weighted by Gasteiger charge is -2.31. The predicted molar refractivity (Wildman–Crippen MR) is 76.9 cm³/mol. The molecule has 5 nitrogen and oxygen atoms in total. The van der Waals surface area contributed by atoms with Crippen LogP contribution in [-0.2, 0) is 0 Å². The standard InChI is InChI=1S/C12H18BrN3O2/c1-12(2,7-14)8-15(3)11-5-4-9(16(17)18)6-10(11)13/h4-6H,7-8,14H2,1-3H3. The number of nitrogens with zero attached hydrogens (tertiary/aromatic N) is 2. The quantitative estimate of drug-likeness (QED) is 0.670. The minimum absolute atomic E-state index is 0.00400. The normalized spacial score (nSPS) is 11.4. The van der Waals surface area contributed by atoms with E-state index in [-0.39, 0.29) is 11.1 Å². The van der Waals surface area contributed by atoms with Crippen LogP contribution >= 0.6 is 15.9 Å². The third kappa shape index (κ3) is 3.68. The Kier molecular flexibility index (Phi) is 4.70. The summed E-state index contributed by atoms with van der Waals surface area (Å²) in [6, 6.07) is 4.77. The van der Waals surface area contributed by atoms with Crippen molar-refractivity contribution in [2.45, 2.75) is 13.8 Å². The highest BCUT2D eigenvalue weighted by atomic mass is 79.9. The van der Waals surface area contributed by atoms with Crippen molar-refractivity contribution in [3.8, 4) is 0 Å². The van der Waals surface area contributed by atoms with Crippen LogP contribution < -0.4 is 10.6 Å². The molecule has 0 aliphatic heterocycles. The van der Waals surface area contributed by atoms with E-state index in [1.54, 1.807) is 6.07 Å². The topological polar surface area (TPSA) is 72.4 Å². The molecule has 6 heteroatoms. The molecule has 2 N–H and O–H groups in total. The van der Waals surface area contributed by atoms with Crippen molar-refractivity contribution in [1.29, 1.82) is 0 Å². The second-order valence-electron chi connectivity index (χ2n) is 5.12. The van der Waals surface area contributed by atoms with Crippen LogP contribution in [0.4, 0.5) is 11.4 Å². The Bertz CT molecular complexity index is 449. The molecule has 0 radical (unpaired) electrons. The first-order valence-corrected chi connectivity index (χ1v) is 6.41. The average molecular weight is 316 g/mol. The van der Waals surface area contributed by atoms with Crippen LogP contribution in [0.5, 0.6) is 0 Å². The lowest BCUT2D eigenvalue weighted by atomic mass is 9.93. The molecule has 100 valence electrons. The van der Waals surface area contributed by atoms with Gasteiger partial charge < -0.3 is 10.6 Å². The fourth-order valence-corrected chi connectivity index (χ4v) is 2.38. The highest BCUT2D eigenvalue weighted by Crippen LogP contribution is 2.31. The number of anilines is 1. The Morgan fingerprint density at radius 1 is 1.50 bits per heavy atom. The van der Waals surface area contributed by atoms with Crippen LogP contribution in [-0.4, -0.2) is 25.1 Å². The van der Waals surface area contributed by atoms with Gasteiger partial charge in [0.15, 0.2) is 0 Å². The van der Waals surface area contributed by atoms with Crippen molar-refractivity contribution in [2.24, 2.45) is 11.1 Å². The maximum absolute atomic E-state index is 10.7. The van der Waals surface area contributed by atoms with E-state index in [0.29, 0.717) is 11.0 Å². The second-order valence-corrected chi connectivity index (χ2v) is 5.97. The molecule has 0 unspecified atom stereocenters. The number of nitro benzene ring substituents is 1. The molecule has 0 saturated heterocycles. The van der Waals surface area contributed by atoms with Crippen LogP contribution in [0.3, 0.4) is 0 Å². The Labute approximate surface area is 115 Å². The number of rotatable bonds is 5. The summed E-state index contributed by atoms with van der Waals surface area (Å²) in [5.74, 6) is 0. The summed E-state index contributed by atoms with van der Waals surface area (Å²) in [6.07, 6.45) is 0. The van der Waals surface area contributed by atoms with Gasteiger partial charge in [0.25, 0.3) is 5.69 Å². The number of hydrogen-bond donors (Lipinski definition) is 1. The van der Waals surface area contributed by atoms with Crippen molar-refractivity contribution in [2.75, 3.05) is 25.0 Å². The highest BCUT2D eigenvalue weighted by molar-refractivity contribution is 9.10. The van der Waals surface area contributed by atoms with E-state index in [4.69, 9.17) is 5.73 Å². The summed E-state index contributed by atoms with van der Waals surface area (Å²) in [5.41, 5.74) is 6.70. The Balaban J connectivity index is 2.93. The van der Waals surface area contributed by atoms with E-state index in [1.165, 1.54) is 12.1 Å². The monoisotopic (exact) mass is 315 g/mol. The van der Waals surface area contributed by atoms with Gasteiger partial charge in [-0.3, -0.25) is 10.1 Å². The Hall–Kier alpha value is -1.14. The molecule has 1 aromatic rings. The zero-order chi connectivity index (χ0) is 13.9. The van der Waals surface area contributed by atoms with Gasteiger partial charge in [-0.25, -0.2) is 0 Å². The van der Waals surface area contributed by atoms with E-state index >= 15 is 0 Å². The number of non-ortho nitro benzene ring substituents is 1. The highest BCUT2D eigenvalue weighted by Gasteiger charge is 2.20. The fourth-order valence-electron chi connectivity index (χ4n) is 1.71.